The summed E-state index contributed by atoms with van der Waals surface area (Å²) in [5, 5.41) is 2.82. The lowest BCUT2D eigenvalue weighted by molar-refractivity contribution is 0.102. The van der Waals surface area contributed by atoms with Crippen molar-refractivity contribution in [3.05, 3.63) is 78.4 Å². The van der Waals surface area contributed by atoms with Crippen LogP contribution in [0.1, 0.15) is 16.2 Å². The summed E-state index contributed by atoms with van der Waals surface area (Å²) >= 11 is 0. The van der Waals surface area contributed by atoms with Gasteiger partial charge in [-0.05, 0) is 37.3 Å². The first-order valence-corrected chi connectivity index (χ1v) is 7.14. The van der Waals surface area contributed by atoms with E-state index >= 15 is 0 Å². The second-order valence-corrected chi connectivity index (χ2v) is 4.91. The molecule has 1 N–H and O–H groups in total. The zero-order chi connectivity index (χ0) is 16.1. The normalized spacial score (nSPS) is 10.1. The van der Waals surface area contributed by atoms with E-state index in [1.165, 1.54) is 6.33 Å². The number of carbonyl (C=O) groups is 1. The first-order valence-electron chi connectivity index (χ1n) is 7.14. The molecule has 0 atom stereocenters. The highest BCUT2D eigenvalue weighted by atomic mass is 16.5. The molecule has 114 valence electrons. The molecule has 5 nitrogen and oxygen atoms in total. The quantitative estimate of drug-likeness (QED) is 0.795. The number of aromatic nitrogens is 2. The van der Waals surface area contributed by atoms with Crippen molar-refractivity contribution in [3.8, 4) is 11.5 Å². The molecule has 0 radical (unpaired) electrons. The Kier molecular flexibility index (Phi) is 4.29. The number of nitrogens with zero attached hydrogens (tertiary/aromatic N) is 2. The number of amides is 1. The Bertz CT molecular complexity index is 819. The van der Waals surface area contributed by atoms with E-state index in [0.717, 1.165) is 5.69 Å². The van der Waals surface area contributed by atoms with Gasteiger partial charge in [0.05, 0.1) is 5.69 Å². The molecular weight excluding hydrogens is 290 g/mol. The van der Waals surface area contributed by atoms with Crippen LogP contribution in [0.5, 0.6) is 11.5 Å². The van der Waals surface area contributed by atoms with Crippen LogP contribution >= 0.6 is 0 Å². The molecule has 0 saturated carbocycles. The molecule has 0 aliphatic rings. The second-order valence-electron chi connectivity index (χ2n) is 4.91. The van der Waals surface area contributed by atoms with E-state index in [9.17, 15) is 4.79 Å². The van der Waals surface area contributed by atoms with Crippen molar-refractivity contribution >= 4 is 11.6 Å². The van der Waals surface area contributed by atoms with Crippen molar-refractivity contribution in [1.29, 1.82) is 0 Å². The SMILES string of the molecule is Cc1cc(C(=O)Nc2ccccc2Oc2ccccc2)ncn1. The summed E-state index contributed by atoms with van der Waals surface area (Å²) in [5.74, 6) is 0.963. The molecule has 0 aliphatic carbocycles. The number of ether oxygens (including phenoxy) is 1. The summed E-state index contributed by atoms with van der Waals surface area (Å²) in [6.45, 7) is 1.81. The van der Waals surface area contributed by atoms with Gasteiger partial charge in [0.2, 0.25) is 0 Å². The van der Waals surface area contributed by atoms with Crippen LogP contribution in [0.4, 0.5) is 5.69 Å². The molecule has 3 aromatic rings. The zero-order valence-corrected chi connectivity index (χ0v) is 12.6. The average Bonchev–Trinajstić information content (AvgIpc) is 2.57. The van der Waals surface area contributed by atoms with Crippen LogP contribution in [0.2, 0.25) is 0 Å². The van der Waals surface area contributed by atoms with Crippen LogP contribution in [-0.4, -0.2) is 15.9 Å². The summed E-state index contributed by atoms with van der Waals surface area (Å²) in [6, 6.07) is 18.3. The Labute approximate surface area is 134 Å². The minimum Gasteiger partial charge on any atom is -0.455 e. The zero-order valence-electron chi connectivity index (χ0n) is 12.6. The van der Waals surface area contributed by atoms with Crippen molar-refractivity contribution in [2.75, 3.05) is 5.32 Å². The number of hydrogen-bond acceptors (Lipinski definition) is 4. The largest absolute Gasteiger partial charge is 0.455 e. The minimum atomic E-state index is -0.306. The molecule has 0 saturated heterocycles. The van der Waals surface area contributed by atoms with E-state index < -0.39 is 0 Å². The number of hydrogen-bond donors (Lipinski definition) is 1. The van der Waals surface area contributed by atoms with Crippen LogP contribution in [0.25, 0.3) is 0 Å². The molecular formula is C18H15N3O2. The molecule has 0 spiro atoms. The third kappa shape index (κ3) is 3.71. The molecule has 0 fully saturated rings. The molecule has 3 rings (SSSR count). The Balaban J connectivity index is 1.82. The number of anilines is 1. The van der Waals surface area contributed by atoms with Gasteiger partial charge in [-0.3, -0.25) is 4.79 Å². The number of rotatable bonds is 4. The van der Waals surface area contributed by atoms with Gasteiger partial charge in [-0.2, -0.15) is 0 Å². The van der Waals surface area contributed by atoms with Gasteiger partial charge in [0.1, 0.15) is 17.8 Å². The number of nitrogens with one attached hydrogen (secondary N) is 1. The van der Waals surface area contributed by atoms with E-state index in [-0.39, 0.29) is 5.91 Å². The standard InChI is InChI=1S/C18H15N3O2/c1-13-11-16(20-12-19-13)18(22)21-15-9-5-6-10-17(15)23-14-7-3-2-4-8-14/h2-12H,1H3,(H,21,22). The maximum Gasteiger partial charge on any atom is 0.274 e. The van der Waals surface area contributed by atoms with Gasteiger partial charge in [0, 0.05) is 5.69 Å². The van der Waals surface area contributed by atoms with Crippen molar-refractivity contribution in [3.63, 3.8) is 0 Å². The van der Waals surface area contributed by atoms with Crippen molar-refractivity contribution in [2.45, 2.75) is 6.92 Å². The third-order valence-corrected chi connectivity index (χ3v) is 3.14. The van der Waals surface area contributed by atoms with Crippen LogP contribution in [0.3, 0.4) is 0 Å². The molecule has 1 aromatic heterocycles. The van der Waals surface area contributed by atoms with Crippen LogP contribution in [0.15, 0.2) is 67.0 Å². The molecule has 2 aromatic carbocycles. The highest BCUT2D eigenvalue weighted by Crippen LogP contribution is 2.29. The van der Waals surface area contributed by atoms with Crippen LogP contribution < -0.4 is 10.1 Å². The summed E-state index contributed by atoms with van der Waals surface area (Å²) in [5.41, 5.74) is 1.63. The first kappa shape index (κ1) is 14.7. The monoisotopic (exact) mass is 305 g/mol. The number of aryl methyl sites for hydroxylation is 1. The molecule has 0 bridgehead atoms. The Morgan fingerprint density at radius 3 is 2.52 bits per heavy atom. The van der Waals surface area contributed by atoms with E-state index in [1.807, 2.05) is 49.4 Å². The highest BCUT2D eigenvalue weighted by molar-refractivity contribution is 6.03. The van der Waals surface area contributed by atoms with Gasteiger partial charge in [0.25, 0.3) is 5.91 Å². The third-order valence-electron chi connectivity index (χ3n) is 3.14. The lowest BCUT2D eigenvalue weighted by Gasteiger charge is -2.12. The smallest absolute Gasteiger partial charge is 0.274 e. The molecule has 0 unspecified atom stereocenters. The molecule has 23 heavy (non-hydrogen) atoms. The Morgan fingerprint density at radius 2 is 1.74 bits per heavy atom. The maximum absolute atomic E-state index is 12.3. The Morgan fingerprint density at radius 1 is 1.00 bits per heavy atom. The predicted molar refractivity (Wildman–Crippen MR) is 87.7 cm³/mol. The number of para-hydroxylation sites is 3. The summed E-state index contributed by atoms with van der Waals surface area (Å²) in [6.07, 6.45) is 1.37. The topological polar surface area (TPSA) is 64.1 Å². The lowest BCUT2D eigenvalue weighted by Crippen LogP contribution is -2.14. The molecule has 1 amide bonds. The number of benzene rings is 2. The van der Waals surface area contributed by atoms with Gasteiger partial charge in [-0.15, -0.1) is 0 Å². The first-order chi connectivity index (χ1) is 11.2. The molecule has 0 aliphatic heterocycles. The summed E-state index contributed by atoms with van der Waals surface area (Å²) in [7, 11) is 0. The van der Waals surface area contributed by atoms with E-state index in [0.29, 0.717) is 22.9 Å². The molecule has 5 heteroatoms. The maximum atomic E-state index is 12.3. The van der Waals surface area contributed by atoms with Gasteiger partial charge in [0.15, 0.2) is 5.75 Å². The summed E-state index contributed by atoms with van der Waals surface area (Å²) in [4.78, 5) is 20.3. The van der Waals surface area contributed by atoms with Crippen molar-refractivity contribution in [2.24, 2.45) is 0 Å². The fourth-order valence-corrected chi connectivity index (χ4v) is 2.04. The fourth-order valence-electron chi connectivity index (χ4n) is 2.04. The van der Waals surface area contributed by atoms with E-state index in [4.69, 9.17) is 4.74 Å². The van der Waals surface area contributed by atoms with Crippen LogP contribution in [0, 0.1) is 6.92 Å². The predicted octanol–water partition coefficient (Wildman–Crippen LogP) is 3.83. The van der Waals surface area contributed by atoms with Crippen molar-refractivity contribution in [1.82, 2.24) is 9.97 Å². The van der Waals surface area contributed by atoms with Crippen molar-refractivity contribution < 1.29 is 9.53 Å². The van der Waals surface area contributed by atoms with Crippen LogP contribution in [-0.2, 0) is 0 Å². The lowest BCUT2D eigenvalue weighted by atomic mass is 10.2. The minimum absolute atomic E-state index is 0.306. The van der Waals surface area contributed by atoms with Gasteiger partial charge < -0.3 is 10.1 Å². The van der Waals surface area contributed by atoms with Gasteiger partial charge in [-0.1, -0.05) is 30.3 Å². The van der Waals surface area contributed by atoms with E-state index in [1.54, 1.807) is 18.2 Å². The van der Waals surface area contributed by atoms with Gasteiger partial charge >= 0.3 is 0 Å². The molecule has 1 heterocycles. The number of carbonyl (C=O) groups excluding carboxylic acids is 1. The fraction of sp³-hybridized carbons (Fsp3) is 0.0556. The Hall–Kier alpha value is -3.21. The average molecular weight is 305 g/mol. The highest BCUT2D eigenvalue weighted by Gasteiger charge is 2.11. The van der Waals surface area contributed by atoms with Gasteiger partial charge in [-0.25, -0.2) is 9.97 Å². The van der Waals surface area contributed by atoms with E-state index in [2.05, 4.69) is 15.3 Å². The summed E-state index contributed by atoms with van der Waals surface area (Å²) < 4.78 is 5.82. The second kappa shape index (κ2) is 6.70.